The second kappa shape index (κ2) is 11.3. The fourth-order valence-corrected chi connectivity index (χ4v) is 3.44. The molecule has 1 aromatic rings. The maximum Gasteiger partial charge on any atom is 0.129 e. The molecule has 1 N–H and O–H groups in total. The second-order valence-electron chi connectivity index (χ2n) is 7.22. The topological polar surface area (TPSA) is 45.2 Å². The highest BCUT2D eigenvalue weighted by atomic mass is 16.1. The number of hydrogen-bond acceptors (Lipinski definition) is 4. The molecule has 148 valence electrons. The van der Waals surface area contributed by atoms with E-state index >= 15 is 0 Å². The highest BCUT2D eigenvalue weighted by Crippen LogP contribution is 2.39. The van der Waals surface area contributed by atoms with Crippen molar-refractivity contribution in [3.05, 3.63) is 23.5 Å². The van der Waals surface area contributed by atoms with E-state index in [9.17, 15) is 4.79 Å². The quantitative estimate of drug-likeness (QED) is 0.826. The van der Waals surface area contributed by atoms with Crippen LogP contribution in [0.4, 0.5) is 5.69 Å². The minimum Gasteiger partial charge on any atom is -0.368 e. The summed E-state index contributed by atoms with van der Waals surface area (Å²) in [6.45, 7) is 15.4. The Kier molecular flexibility index (Phi) is 9.85. The molecule has 2 fully saturated rings. The zero-order chi connectivity index (χ0) is 19.6. The highest BCUT2D eigenvalue weighted by Gasteiger charge is 2.45. The molecule has 0 radical (unpaired) electrons. The Morgan fingerprint density at radius 2 is 1.96 bits per heavy atom. The van der Waals surface area contributed by atoms with Crippen molar-refractivity contribution in [1.29, 1.82) is 0 Å². The van der Waals surface area contributed by atoms with Crippen molar-refractivity contribution in [3.8, 4) is 0 Å². The maximum absolute atomic E-state index is 10.0. The number of Topliss-reactive ketones (excluding diaryl/α,β-unsaturated/α-hetero) is 1. The number of aryl methyl sites for hydroxylation is 1. The number of pyridine rings is 1. The molecule has 1 aromatic heterocycles. The van der Waals surface area contributed by atoms with E-state index in [4.69, 9.17) is 0 Å². The normalized spacial score (nSPS) is 16.9. The summed E-state index contributed by atoms with van der Waals surface area (Å²) >= 11 is 0. The largest absolute Gasteiger partial charge is 0.368 e. The van der Waals surface area contributed by atoms with Gasteiger partial charge in [-0.1, -0.05) is 34.1 Å². The van der Waals surface area contributed by atoms with Crippen LogP contribution < -0.4 is 10.2 Å². The third-order valence-electron chi connectivity index (χ3n) is 4.92. The van der Waals surface area contributed by atoms with Crippen LogP contribution in [0.2, 0.25) is 0 Å². The van der Waals surface area contributed by atoms with Gasteiger partial charge in [-0.2, -0.15) is 0 Å². The number of rotatable bonds is 5. The molecule has 4 nitrogen and oxygen atoms in total. The van der Waals surface area contributed by atoms with Crippen molar-refractivity contribution in [3.63, 3.8) is 0 Å². The summed E-state index contributed by atoms with van der Waals surface area (Å²) in [4.78, 5) is 17.1. The summed E-state index contributed by atoms with van der Waals surface area (Å²) < 4.78 is 0. The summed E-state index contributed by atoms with van der Waals surface area (Å²) in [5, 5.41) is 3.68. The minimum atomic E-state index is 0.289. The molecule has 1 spiro atoms. The summed E-state index contributed by atoms with van der Waals surface area (Å²) in [6, 6.07) is 2.21. The Hall–Kier alpha value is -1.42. The molecule has 4 heteroatoms. The summed E-state index contributed by atoms with van der Waals surface area (Å²) in [5.41, 5.74) is 4.53. The van der Waals surface area contributed by atoms with Gasteiger partial charge in [0.2, 0.25) is 0 Å². The molecule has 0 atom stereocenters. The van der Waals surface area contributed by atoms with Gasteiger partial charge in [-0.25, -0.2) is 0 Å². The van der Waals surface area contributed by atoms with Crippen molar-refractivity contribution in [2.75, 3.05) is 24.5 Å². The van der Waals surface area contributed by atoms with Crippen LogP contribution in [0.15, 0.2) is 12.3 Å². The molecule has 0 bridgehead atoms. The lowest BCUT2D eigenvalue weighted by atomic mass is 10.0. The van der Waals surface area contributed by atoms with Gasteiger partial charge in [0.25, 0.3) is 0 Å². The molecule has 0 amide bonds. The Morgan fingerprint density at radius 1 is 1.27 bits per heavy atom. The number of hydrogen-bond donors (Lipinski definition) is 1. The predicted octanol–water partition coefficient (Wildman–Crippen LogP) is 4.69. The number of carbonyl (C=O) groups excluding carboxylic acids is 1. The fraction of sp³-hybridized carbons (Fsp3) is 0.727. The van der Waals surface area contributed by atoms with Crippen molar-refractivity contribution in [2.24, 2.45) is 0 Å². The van der Waals surface area contributed by atoms with Crippen molar-refractivity contribution in [2.45, 2.75) is 85.6 Å². The Morgan fingerprint density at radius 3 is 2.46 bits per heavy atom. The number of carbonyl (C=O) groups is 1. The summed E-state index contributed by atoms with van der Waals surface area (Å²) in [5.74, 6) is 0.289. The lowest BCUT2D eigenvalue weighted by Gasteiger charge is -2.37. The van der Waals surface area contributed by atoms with E-state index in [1.54, 1.807) is 6.92 Å². The van der Waals surface area contributed by atoms with Gasteiger partial charge in [0.1, 0.15) is 5.78 Å². The average molecular weight is 362 g/mol. The molecule has 1 saturated carbocycles. The Bertz CT molecular complexity index is 552. The van der Waals surface area contributed by atoms with Crippen molar-refractivity contribution < 1.29 is 4.79 Å². The zero-order valence-corrected chi connectivity index (χ0v) is 17.8. The first kappa shape index (κ1) is 22.6. The van der Waals surface area contributed by atoms with E-state index in [1.807, 2.05) is 27.0 Å². The van der Waals surface area contributed by atoms with Crippen LogP contribution in [0.3, 0.4) is 0 Å². The first-order chi connectivity index (χ1) is 12.5. The third kappa shape index (κ3) is 6.71. The van der Waals surface area contributed by atoms with Gasteiger partial charge in [0.05, 0.1) is 0 Å². The van der Waals surface area contributed by atoms with Gasteiger partial charge in [-0.15, -0.1) is 0 Å². The lowest BCUT2D eigenvalue weighted by Crippen LogP contribution is -2.52. The minimum absolute atomic E-state index is 0.289. The third-order valence-corrected chi connectivity index (χ3v) is 4.92. The van der Waals surface area contributed by atoms with Gasteiger partial charge in [0.15, 0.2) is 0 Å². The van der Waals surface area contributed by atoms with E-state index in [-0.39, 0.29) is 5.78 Å². The molecule has 0 aromatic carbocycles. The van der Waals surface area contributed by atoms with Gasteiger partial charge in [0, 0.05) is 49.2 Å². The van der Waals surface area contributed by atoms with Crippen LogP contribution in [0.25, 0.3) is 0 Å². The molecule has 1 saturated heterocycles. The van der Waals surface area contributed by atoms with Gasteiger partial charge < -0.3 is 15.0 Å². The Balaban J connectivity index is 0.000000363. The van der Waals surface area contributed by atoms with E-state index in [0.717, 1.165) is 32.4 Å². The predicted molar refractivity (Wildman–Crippen MR) is 112 cm³/mol. The van der Waals surface area contributed by atoms with Crippen LogP contribution in [0.5, 0.6) is 0 Å². The highest BCUT2D eigenvalue weighted by molar-refractivity contribution is 5.75. The number of aromatic nitrogens is 1. The maximum atomic E-state index is 10.0. The van der Waals surface area contributed by atoms with E-state index < -0.39 is 0 Å². The fourth-order valence-electron chi connectivity index (χ4n) is 3.44. The van der Waals surface area contributed by atoms with Crippen molar-refractivity contribution in [1.82, 2.24) is 10.3 Å². The standard InChI is InChI=1S/C15H23N3.C5H10O.C2H6/c1-3-4-13-12(2)16-8-5-14(13)18-10-9-17-15(11-18)6-7-15;1-3-4-5(2)6;1-2/h5,8,17H,3-4,6-7,9-11H2,1-2H3;3-4H2,1-2H3;1-2H3. The summed E-state index contributed by atoms with van der Waals surface area (Å²) in [7, 11) is 0. The van der Waals surface area contributed by atoms with Crippen molar-refractivity contribution >= 4 is 11.5 Å². The number of ketones is 1. The number of nitrogens with zero attached hydrogens (tertiary/aromatic N) is 2. The zero-order valence-electron chi connectivity index (χ0n) is 17.8. The van der Waals surface area contributed by atoms with E-state index in [2.05, 4.69) is 35.1 Å². The molecule has 1 aliphatic carbocycles. The van der Waals surface area contributed by atoms with Gasteiger partial charge >= 0.3 is 0 Å². The number of anilines is 1. The SMILES string of the molecule is CC.CCCC(C)=O.CCCc1c(N2CCNC3(CC3)C2)ccnc1C. The first-order valence-electron chi connectivity index (χ1n) is 10.4. The van der Waals surface area contributed by atoms with Crippen LogP contribution in [0.1, 0.15) is 78.0 Å². The first-order valence-corrected chi connectivity index (χ1v) is 10.4. The van der Waals surface area contributed by atoms with Crippen LogP contribution in [-0.4, -0.2) is 35.9 Å². The lowest BCUT2D eigenvalue weighted by molar-refractivity contribution is -0.117. The average Bonchev–Trinajstić information content (AvgIpc) is 3.37. The molecule has 1 aliphatic heterocycles. The monoisotopic (exact) mass is 361 g/mol. The van der Waals surface area contributed by atoms with Gasteiger partial charge in [-0.05, 0) is 51.2 Å². The summed E-state index contributed by atoms with van der Waals surface area (Å²) in [6.07, 6.45) is 8.71. The number of nitrogens with one attached hydrogen (secondary N) is 1. The molecule has 3 rings (SSSR count). The molecule has 2 aliphatic rings. The smallest absolute Gasteiger partial charge is 0.129 e. The molecule has 26 heavy (non-hydrogen) atoms. The molecule has 2 heterocycles. The number of piperazine rings is 1. The van der Waals surface area contributed by atoms with E-state index in [1.165, 1.54) is 42.8 Å². The van der Waals surface area contributed by atoms with Crippen LogP contribution in [0, 0.1) is 6.92 Å². The van der Waals surface area contributed by atoms with Crippen LogP contribution >= 0.6 is 0 Å². The van der Waals surface area contributed by atoms with Gasteiger partial charge in [-0.3, -0.25) is 4.98 Å². The molecular weight excluding hydrogens is 322 g/mol. The van der Waals surface area contributed by atoms with Crippen LogP contribution in [-0.2, 0) is 11.2 Å². The second-order valence-corrected chi connectivity index (χ2v) is 7.22. The Labute approximate surface area is 160 Å². The molecular formula is C22H39N3O. The molecule has 0 unspecified atom stereocenters. The van der Waals surface area contributed by atoms with E-state index in [0.29, 0.717) is 5.54 Å².